The van der Waals surface area contributed by atoms with E-state index in [2.05, 4.69) is 22.2 Å². The van der Waals surface area contributed by atoms with Gasteiger partial charge in [0.25, 0.3) is 0 Å². The second kappa shape index (κ2) is 14.3. The van der Waals surface area contributed by atoms with E-state index in [0.29, 0.717) is 46.4 Å². The van der Waals surface area contributed by atoms with Gasteiger partial charge < -0.3 is 20.1 Å². The molecule has 1 aliphatic heterocycles. The fraction of sp³-hybridized carbons (Fsp3) is 0.562. The van der Waals surface area contributed by atoms with Crippen LogP contribution in [-0.2, 0) is 11.3 Å². The molecule has 43 heavy (non-hydrogen) atoms. The molecule has 0 spiro atoms. The molecule has 2 N–H and O–H groups in total. The Bertz CT molecular complexity index is 1310. The fourth-order valence-corrected chi connectivity index (χ4v) is 6.28. The van der Waals surface area contributed by atoms with Gasteiger partial charge in [0.1, 0.15) is 22.3 Å². The summed E-state index contributed by atoms with van der Waals surface area (Å²) in [7, 11) is 3.08. The molecule has 2 unspecified atom stereocenters. The topological polar surface area (TPSA) is 109 Å². The maximum Gasteiger partial charge on any atom is 0.330 e. The molecule has 0 saturated heterocycles. The van der Waals surface area contributed by atoms with Gasteiger partial charge in [0.15, 0.2) is 0 Å². The number of aromatic nitrogens is 2. The Morgan fingerprint density at radius 3 is 2.37 bits per heavy atom. The molecule has 2 atom stereocenters. The van der Waals surface area contributed by atoms with Crippen LogP contribution >= 0.6 is 11.6 Å². The number of urea groups is 1. The Morgan fingerprint density at radius 1 is 1.05 bits per heavy atom. The Kier molecular flexibility index (Phi) is 10.3. The van der Waals surface area contributed by atoms with Crippen LogP contribution in [0.1, 0.15) is 76.2 Å². The van der Waals surface area contributed by atoms with Crippen LogP contribution in [0, 0.1) is 5.92 Å². The Hall–Kier alpha value is -3.53. The molecule has 2 aromatic rings. The minimum atomic E-state index is -0.208. The van der Waals surface area contributed by atoms with Gasteiger partial charge in [0.05, 0.1) is 26.5 Å². The van der Waals surface area contributed by atoms with E-state index < -0.39 is 0 Å². The normalized spacial score (nSPS) is 21.3. The quantitative estimate of drug-likeness (QED) is 0.313. The Labute approximate surface area is 259 Å². The molecule has 6 rings (SSSR count). The predicted octanol–water partition coefficient (Wildman–Crippen LogP) is 6.48. The van der Waals surface area contributed by atoms with Crippen molar-refractivity contribution in [1.29, 1.82) is 0 Å². The van der Waals surface area contributed by atoms with E-state index in [9.17, 15) is 9.59 Å². The molecular weight excluding hydrogens is 568 g/mol. The van der Waals surface area contributed by atoms with Gasteiger partial charge in [-0.25, -0.2) is 9.78 Å². The predicted molar refractivity (Wildman–Crippen MR) is 169 cm³/mol. The molecule has 2 heterocycles. The van der Waals surface area contributed by atoms with Crippen LogP contribution in [0.4, 0.5) is 22.2 Å². The molecule has 3 fully saturated rings. The van der Waals surface area contributed by atoms with E-state index in [4.69, 9.17) is 26.1 Å². The highest BCUT2D eigenvalue weighted by atomic mass is 35.5. The van der Waals surface area contributed by atoms with E-state index in [1.165, 1.54) is 45.3 Å². The first-order valence-corrected chi connectivity index (χ1v) is 15.9. The number of benzene rings is 1. The number of nitrogens with one attached hydrogen (secondary N) is 2. The van der Waals surface area contributed by atoms with E-state index in [1.807, 2.05) is 0 Å². The summed E-state index contributed by atoms with van der Waals surface area (Å²) in [5.41, 5.74) is 1.32. The largest absolute Gasteiger partial charge is 0.497 e. The van der Waals surface area contributed by atoms with Gasteiger partial charge in [-0.3, -0.25) is 14.6 Å². The number of fused-ring (bicyclic) bond motifs is 1. The lowest BCUT2D eigenvalue weighted by Gasteiger charge is -2.37. The zero-order valence-electron chi connectivity index (χ0n) is 25.2. The fourth-order valence-electron chi connectivity index (χ4n) is 5.99. The minimum absolute atomic E-state index is 0.0126. The van der Waals surface area contributed by atoms with Crippen molar-refractivity contribution in [3.63, 3.8) is 0 Å². The lowest BCUT2D eigenvalue weighted by molar-refractivity contribution is -0.117. The van der Waals surface area contributed by atoms with Gasteiger partial charge in [-0.1, -0.05) is 63.1 Å². The first kappa shape index (κ1) is 30.9. The molecule has 0 radical (unpaired) electrons. The van der Waals surface area contributed by atoms with E-state index in [-0.39, 0.29) is 30.6 Å². The van der Waals surface area contributed by atoms with Crippen LogP contribution in [0.5, 0.6) is 11.5 Å². The van der Waals surface area contributed by atoms with E-state index >= 15 is 0 Å². The van der Waals surface area contributed by atoms with Crippen molar-refractivity contribution in [2.75, 3.05) is 35.9 Å². The summed E-state index contributed by atoms with van der Waals surface area (Å²) in [6.45, 7) is 4.38. The number of anilines is 3. The number of methoxy groups -OCH3 is 2. The molecule has 232 valence electrons. The summed E-state index contributed by atoms with van der Waals surface area (Å²) in [5, 5.41) is 6.77. The molecule has 0 bridgehead atoms. The smallest absolute Gasteiger partial charge is 0.330 e. The summed E-state index contributed by atoms with van der Waals surface area (Å²) in [4.78, 5) is 38.6. The standard InChI is InChI=1S/C27H33ClN6O4.C5H10/c1-4-23(35)30-19-7-5-6-8-20(19)31-26-29-13-17-15-33(21-11-18(37-2)12-22(38-3)24(21)28)27(36)34(25(17)32-26)14-16-9-10-16;1-2-4-5-3-1/h4,11-13,16,19-20H,1,5-10,14-15H2,2-3H3,(H,30,35)(H,29,31,32);1-5H2. The number of ether oxygens (including phenoxy) is 2. The van der Waals surface area contributed by atoms with Crippen LogP contribution in [0.2, 0.25) is 5.02 Å². The van der Waals surface area contributed by atoms with Gasteiger partial charge >= 0.3 is 6.03 Å². The minimum Gasteiger partial charge on any atom is -0.497 e. The average Bonchev–Trinajstić information content (AvgIpc) is 3.63. The number of nitrogens with zero attached hydrogens (tertiary/aromatic N) is 4. The SMILES string of the molecule is C1CCCC1.C=CC(=O)NC1CCCCC1Nc1ncc2c(n1)N(CC1CC1)C(=O)N(c1cc(OC)cc(OC)c1Cl)C2. The highest BCUT2D eigenvalue weighted by molar-refractivity contribution is 6.35. The monoisotopic (exact) mass is 610 g/mol. The summed E-state index contributed by atoms with van der Waals surface area (Å²) in [6, 6.07) is 3.16. The third-order valence-electron chi connectivity index (χ3n) is 8.61. The molecule has 10 nitrogen and oxygen atoms in total. The van der Waals surface area contributed by atoms with Crippen molar-refractivity contribution in [2.24, 2.45) is 5.92 Å². The number of carbonyl (C=O) groups excluding carboxylic acids is 2. The highest BCUT2D eigenvalue weighted by Gasteiger charge is 2.38. The highest BCUT2D eigenvalue weighted by Crippen LogP contribution is 2.43. The molecule has 1 aromatic carbocycles. The van der Waals surface area contributed by atoms with Crippen LogP contribution < -0.4 is 29.9 Å². The van der Waals surface area contributed by atoms with Crippen LogP contribution in [0.15, 0.2) is 31.0 Å². The van der Waals surface area contributed by atoms with Crippen molar-refractivity contribution in [2.45, 2.75) is 89.3 Å². The number of amides is 3. The molecule has 3 saturated carbocycles. The lowest BCUT2D eigenvalue weighted by Crippen LogP contribution is -2.49. The summed E-state index contributed by atoms with van der Waals surface area (Å²) < 4.78 is 10.8. The van der Waals surface area contributed by atoms with Gasteiger partial charge in [-0.2, -0.15) is 4.98 Å². The van der Waals surface area contributed by atoms with Crippen LogP contribution in [0.25, 0.3) is 0 Å². The van der Waals surface area contributed by atoms with Crippen molar-refractivity contribution in [3.8, 4) is 11.5 Å². The lowest BCUT2D eigenvalue weighted by atomic mass is 9.90. The zero-order chi connectivity index (χ0) is 30.3. The molecule has 4 aliphatic rings. The van der Waals surface area contributed by atoms with Gasteiger partial charge in [-0.05, 0) is 37.7 Å². The van der Waals surface area contributed by atoms with Crippen LogP contribution in [0.3, 0.4) is 0 Å². The third-order valence-corrected chi connectivity index (χ3v) is 8.99. The summed E-state index contributed by atoms with van der Waals surface area (Å²) >= 11 is 6.65. The van der Waals surface area contributed by atoms with Crippen molar-refractivity contribution in [1.82, 2.24) is 15.3 Å². The van der Waals surface area contributed by atoms with Crippen molar-refractivity contribution < 1.29 is 19.1 Å². The average molecular weight is 611 g/mol. The Morgan fingerprint density at radius 2 is 1.74 bits per heavy atom. The number of hydrogen-bond acceptors (Lipinski definition) is 7. The number of hydrogen-bond donors (Lipinski definition) is 2. The summed E-state index contributed by atoms with van der Waals surface area (Å²) in [6.07, 6.45) is 16.6. The number of rotatable bonds is 9. The van der Waals surface area contributed by atoms with Crippen molar-refractivity contribution >= 4 is 41.0 Å². The van der Waals surface area contributed by atoms with E-state index in [1.54, 1.807) is 35.2 Å². The van der Waals surface area contributed by atoms with Gasteiger partial charge in [-0.15, -0.1) is 0 Å². The molecule has 1 aromatic heterocycles. The first-order valence-electron chi connectivity index (χ1n) is 15.5. The van der Waals surface area contributed by atoms with Crippen LogP contribution in [-0.4, -0.2) is 54.8 Å². The van der Waals surface area contributed by atoms with Gasteiger partial charge in [0, 0.05) is 42.5 Å². The second-order valence-electron chi connectivity index (χ2n) is 11.8. The summed E-state index contributed by atoms with van der Waals surface area (Å²) in [5.74, 6) is 2.25. The molecule has 3 aliphatic carbocycles. The zero-order valence-corrected chi connectivity index (χ0v) is 26.0. The van der Waals surface area contributed by atoms with E-state index in [0.717, 1.165) is 44.1 Å². The number of carbonyl (C=O) groups is 2. The van der Waals surface area contributed by atoms with Crippen molar-refractivity contribution in [3.05, 3.63) is 41.6 Å². The van der Waals surface area contributed by atoms with Gasteiger partial charge in [0.2, 0.25) is 11.9 Å². The molecular formula is C32H43ClN6O4. The molecule has 11 heteroatoms. The first-order chi connectivity index (χ1) is 20.9. The Balaban J connectivity index is 0.000000668. The molecule has 3 amide bonds. The number of halogens is 1. The maximum absolute atomic E-state index is 13.9. The maximum atomic E-state index is 13.9. The third kappa shape index (κ3) is 7.52. The second-order valence-corrected chi connectivity index (χ2v) is 12.1.